The Balaban J connectivity index is 1.96. The van der Waals surface area contributed by atoms with Crippen molar-refractivity contribution < 1.29 is 8.42 Å². The Hall–Kier alpha value is -0.780. The van der Waals surface area contributed by atoms with E-state index in [1.165, 1.54) is 5.41 Å². The molecule has 3 nitrogen and oxygen atoms in total. The Labute approximate surface area is 113 Å². The van der Waals surface area contributed by atoms with Crippen molar-refractivity contribution in [2.75, 3.05) is 11.5 Å². The van der Waals surface area contributed by atoms with E-state index in [1.54, 1.807) is 6.08 Å². The molecule has 1 heterocycles. The highest BCUT2D eigenvalue weighted by atomic mass is 32.2. The molecule has 1 saturated heterocycles. The standard InChI is InChI=1S/C13H17NO2S2/c15-18(16,14-13-7-4-9-17-11-13)10-8-12-5-2-1-3-6-12/h1-3,5-6,8,10,13-14H,4,7,9,11H2. The maximum Gasteiger partial charge on any atom is 0.234 e. The summed E-state index contributed by atoms with van der Waals surface area (Å²) in [7, 11) is -3.32. The van der Waals surface area contributed by atoms with Gasteiger partial charge in [0.1, 0.15) is 0 Å². The minimum atomic E-state index is -3.32. The molecule has 5 heteroatoms. The van der Waals surface area contributed by atoms with Crippen LogP contribution in [0.3, 0.4) is 0 Å². The minimum absolute atomic E-state index is 0.0779. The van der Waals surface area contributed by atoms with Gasteiger partial charge in [-0.25, -0.2) is 13.1 Å². The van der Waals surface area contributed by atoms with Gasteiger partial charge >= 0.3 is 0 Å². The summed E-state index contributed by atoms with van der Waals surface area (Å²) in [6, 6.07) is 9.51. The van der Waals surface area contributed by atoms with E-state index in [9.17, 15) is 8.42 Å². The van der Waals surface area contributed by atoms with E-state index in [0.29, 0.717) is 0 Å². The molecule has 1 aromatic carbocycles. The number of rotatable bonds is 4. The van der Waals surface area contributed by atoms with Crippen LogP contribution < -0.4 is 4.72 Å². The normalized spacial score (nSPS) is 21.2. The molecule has 1 aliphatic heterocycles. The van der Waals surface area contributed by atoms with Crippen LogP contribution in [0.4, 0.5) is 0 Å². The SMILES string of the molecule is O=S(=O)(C=Cc1ccccc1)NC1CCCSC1. The van der Waals surface area contributed by atoms with E-state index in [-0.39, 0.29) is 6.04 Å². The van der Waals surface area contributed by atoms with Gasteiger partial charge in [-0.15, -0.1) is 0 Å². The third-order valence-electron chi connectivity index (χ3n) is 2.73. The molecule has 1 atom stereocenters. The zero-order valence-electron chi connectivity index (χ0n) is 10.1. The van der Waals surface area contributed by atoms with Gasteiger partial charge in [-0.2, -0.15) is 11.8 Å². The second kappa shape index (κ2) is 6.41. The fourth-order valence-electron chi connectivity index (χ4n) is 1.84. The summed E-state index contributed by atoms with van der Waals surface area (Å²) < 4.78 is 26.5. The molecule has 1 fully saturated rings. The molecule has 0 spiro atoms. The van der Waals surface area contributed by atoms with E-state index in [1.807, 2.05) is 42.1 Å². The Morgan fingerprint density at radius 1 is 1.28 bits per heavy atom. The van der Waals surface area contributed by atoms with Crippen molar-refractivity contribution in [2.45, 2.75) is 18.9 Å². The number of thioether (sulfide) groups is 1. The van der Waals surface area contributed by atoms with E-state index in [2.05, 4.69) is 4.72 Å². The summed E-state index contributed by atoms with van der Waals surface area (Å²) in [6.07, 6.45) is 3.64. The van der Waals surface area contributed by atoms with Crippen molar-refractivity contribution in [3.05, 3.63) is 41.3 Å². The first kappa shape index (κ1) is 13.6. The lowest BCUT2D eigenvalue weighted by molar-refractivity contribution is 0.550. The summed E-state index contributed by atoms with van der Waals surface area (Å²) in [6.45, 7) is 0. The number of nitrogens with one attached hydrogen (secondary N) is 1. The molecule has 0 radical (unpaired) electrons. The molecule has 18 heavy (non-hydrogen) atoms. The Morgan fingerprint density at radius 3 is 2.72 bits per heavy atom. The van der Waals surface area contributed by atoms with Crippen LogP contribution in [0.2, 0.25) is 0 Å². The van der Waals surface area contributed by atoms with Crippen molar-refractivity contribution in [3.8, 4) is 0 Å². The first-order chi connectivity index (χ1) is 8.66. The fraction of sp³-hybridized carbons (Fsp3) is 0.385. The maximum absolute atomic E-state index is 11.9. The first-order valence-corrected chi connectivity index (χ1v) is 8.69. The maximum atomic E-state index is 11.9. The number of hydrogen-bond acceptors (Lipinski definition) is 3. The summed E-state index contributed by atoms with van der Waals surface area (Å²) >= 11 is 1.81. The van der Waals surface area contributed by atoms with Gasteiger partial charge in [0.25, 0.3) is 0 Å². The molecule has 2 rings (SSSR count). The molecule has 1 N–H and O–H groups in total. The van der Waals surface area contributed by atoms with Gasteiger partial charge in [-0.1, -0.05) is 30.3 Å². The molecule has 1 aromatic rings. The molecule has 0 amide bonds. The van der Waals surface area contributed by atoms with Crippen molar-refractivity contribution in [1.82, 2.24) is 4.72 Å². The van der Waals surface area contributed by atoms with E-state index in [0.717, 1.165) is 29.9 Å². The van der Waals surface area contributed by atoms with Crippen LogP contribution in [0.15, 0.2) is 35.7 Å². The lowest BCUT2D eigenvalue weighted by Gasteiger charge is -2.21. The molecular formula is C13H17NO2S2. The van der Waals surface area contributed by atoms with Gasteiger partial charge in [-0.05, 0) is 30.2 Å². The molecule has 0 aliphatic carbocycles. The van der Waals surface area contributed by atoms with Gasteiger partial charge in [-0.3, -0.25) is 0 Å². The Morgan fingerprint density at radius 2 is 2.06 bits per heavy atom. The highest BCUT2D eigenvalue weighted by molar-refractivity contribution is 7.99. The smallest absolute Gasteiger partial charge is 0.208 e. The predicted octanol–water partition coefficient (Wildman–Crippen LogP) is 2.47. The van der Waals surface area contributed by atoms with Crippen molar-refractivity contribution in [1.29, 1.82) is 0 Å². The van der Waals surface area contributed by atoms with Crippen LogP contribution in [0.25, 0.3) is 6.08 Å². The topological polar surface area (TPSA) is 46.2 Å². The molecular weight excluding hydrogens is 266 g/mol. The van der Waals surface area contributed by atoms with Crippen LogP contribution >= 0.6 is 11.8 Å². The highest BCUT2D eigenvalue weighted by Crippen LogP contribution is 2.17. The lowest BCUT2D eigenvalue weighted by Crippen LogP contribution is -2.37. The molecule has 1 unspecified atom stereocenters. The van der Waals surface area contributed by atoms with Gasteiger partial charge in [0.05, 0.1) is 0 Å². The average molecular weight is 283 g/mol. The molecule has 0 saturated carbocycles. The van der Waals surface area contributed by atoms with E-state index >= 15 is 0 Å². The zero-order chi connectivity index (χ0) is 12.8. The summed E-state index contributed by atoms with van der Waals surface area (Å²) in [5, 5.41) is 1.25. The fourth-order valence-corrected chi connectivity index (χ4v) is 4.10. The summed E-state index contributed by atoms with van der Waals surface area (Å²) in [5.74, 6) is 2.01. The predicted molar refractivity (Wildman–Crippen MR) is 77.9 cm³/mol. The first-order valence-electron chi connectivity index (χ1n) is 5.99. The number of hydrogen-bond donors (Lipinski definition) is 1. The Kier molecular flexibility index (Phi) is 4.86. The summed E-state index contributed by atoms with van der Waals surface area (Å²) in [5.41, 5.74) is 0.890. The molecule has 1 aliphatic rings. The zero-order valence-corrected chi connectivity index (χ0v) is 11.7. The minimum Gasteiger partial charge on any atom is -0.208 e. The van der Waals surface area contributed by atoms with Crippen LogP contribution in [0, 0.1) is 0 Å². The second-order valence-corrected chi connectivity index (χ2v) is 7.04. The van der Waals surface area contributed by atoms with Gasteiger partial charge in [0.2, 0.25) is 10.0 Å². The van der Waals surface area contributed by atoms with Crippen molar-refractivity contribution in [3.63, 3.8) is 0 Å². The number of sulfonamides is 1. The largest absolute Gasteiger partial charge is 0.234 e. The van der Waals surface area contributed by atoms with Gasteiger partial charge < -0.3 is 0 Å². The Bertz CT molecular complexity index is 491. The molecule has 98 valence electrons. The second-order valence-electron chi connectivity index (χ2n) is 4.29. The van der Waals surface area contributed by atoms with Crippen LogP contribution in [0.1, 0.15) is 18.4 Å². The van der Waals surface area contributed by atoms with Crippen LogP contribution in [-0.2, 0) is 10.0 Å². The van der Waals surface area contributed by atoms with Crippen LogP contribution in [0.5, 0.6) is 0 Å². The van der Waals surface area contributed by atoms with Gasteiger partial charge in [0, 0.05) is 17.2 Å². The van der Waals surface area contributed by atoms with E-state index in [4.69, 9.17) is 0 Å². The molecule has 0 aromatic heterocycles. The third-order valence-corrected chi connectivity index (χ3v) is 5.10. The average Bonchev–Trinajstić information content (AvgIpc) is 2.38. The quantitative estimate of drug-likeness (QED) is 0.923. The monoisotopic (exact) mass is 283 g/mol. The van der Waals surface area contributed by atoms with Crippen LogP contribution in [-0.4, -0.2) is 26.0 Å². The number of benzene rings is 1. The highest BCUT2D eigenvalue weighted by Gasteiger charge is 2.18. The van der Waals surface area contributed by atoms with Crippen molar-refractivity contribution in [2.24, 2.45) is 0 Å². The van der Waals surface area contributed by atoms with E-state index < -0.39 is 10.0 Å². The van der Waals surface area contributed by atoms with Gasteiger partial charge in [0.15, 0.2) is 0 Å². The summed E-state index contributed by atoms with van der Waals surface area (Å²) in [4.78, 5) is 0. The lowest BCUT2D eigenvalue weighted by atomic mass is 10.2. The molecule has 0 bridgehead atoms. The van der Waals surface area contributed by atoms with Crippen molar-refractivity contribution >= 4 is 27.9 Å². The third kappa shape index (κ3) is 4.48.